The summed E-state index contributed by atoms with van der Waals surface area (Å²) in [5, 5.41) is 19.5. The lowest BCUT2D eigenvalue weighted by atomic mass is 10.1. The summed E-state index contributed by atoms with van der Waals surface area (Å²) in [5.41, 5.74) is 0.787. The highest BCUT2D eigenvalue weighted by molar-refractivity contribution is 5.86. The number of hydrogen-bond acceptors (Lipinski definition) is 4. The van der Waals surface area contributed by atoms with Crippen molar-refractivity contribution in [3.8, 4) is 12.3 Å². The van der Waals surface area contributed by atoms with Crippen LogP contribution in [0, 0.1) is 22.5 Å². The number of carboxylic acids is 1. The van der Waals surface area contributed by atoms with Crippen LogP contribution in [0.2, 0.25) is 0 Å². The molecule has 0 amide bonds. The van der Waals surface area contributed by atoms with Crippen LogP contribution in [-0.4, -0.2) is 29.1 Å². The van der Waals surface area contributed by atoms with E-state index in [0.717, 1.165) is 6.08 Å². The van der Waals surface area contributed by atoms with Gasteiger partial charge in [0.1, 0.15) is 0 Å². The van der Waals surface area contributed by atoms with E-state index >= 15 is 0 Å². The number of nitrogens with zero attached hydrogens (tertiary/aromatic N) is 2. The molecule has 6 heteroatoms. The third-order valence-corrected chi connectivity index (χ3v) is 2.64. The number of nitro groups is 1. The highest BCUT2D eigenvalue weighted by Gasteiger charge is 2.14. The van der Waals surface area contributed by atoms with Crippen LogP contribution in [-0.2, 0) is 4.79 Å². The maximum Gasteiger partial charge on any atom is 0.328 e. The van der Waals surface area contributed by atoms with Crippen LogP contribution in [0.25, 0.3) is 6.08 Å². The normalized spacial score (nSPS) is 10.2. The van der Waals surface area contributed by atoms with Crippen LogP contribution in [0.4, 0.5) is 11.4 Å². The topological polar surface area (TPSA) is 83.7 Å². The number of nitro benzene ring substituents is 1. The molecule has 0 atom stereocenters. The van der Waals surface area contributed by atoms with E-state index < -0.39 is 10.9 Å². The maximum absolute atomic E-state index is 10.9. The Labute approximate surface area is 116 Å². The van der Waals surface area contributed by atoms with Gasteiger partial charge < -0.3 is 10.0 Å². The summed E-state index contributed by atoms with van der Waals surface area (Å²) < 4.78 is 0. The van der Waals surface area contributed by atoms with E-state index in [1.54, 1.807) is 12.1 Å². The van der Waals surface area contributed by atoms with Crippen molar-refractivity contribution in [2.45, 2.75) is 6.92 Å². The standard InChI is InChI=1S/C14H14N2O4/c1-3-9-15(4-2)12-6-7-13(16(19)20)11(10-12)5-8-14(17)18/h1,5-8,10H,4,9H2,2H3,(H,17,18)/b8-5+. The van der Waals surface area contributed by atoms with E-state index in [2.05, 4.69) is 5.92 Å². The monoisotopic (exact) mass is 274 g/mol. The molecule has 0 aliphatic heterocycles. The Morgan fingerprint density at radius 3 is 2.80 bits per heavy atom. The molecule has 1 rings (SSSR count). The summed E-state index contributed by atoms with van der Waals surface area (Å²) in [5.74, 6) is 1.34. The minimum atomic E-state index is -1.17. The third-order valence-electron chi connectivity index (χ3n) is 2.64. The fourth-order valence-electron chi connectivity index (χ4n) is 1.70. The molecule has 0 saturated carbocycles. The van der Waals surface area contributed by atoms with Crippen molar-refractivity contribution in [1.82, 2.24) is 0 Å². The number of carbonyl (C=O) groups is 1. The van der Waals surface area contributed by atoms with Crippen LogP contribution < -0.4 is 4.90 Å². The number of benzene rings is 1. The van der Waals surface area contributed by atoms with Gasteiger partial charge in [-0.1, -0.05) is 5.92 Å². The zero-order chi connectivity index (χ0) is 15.1. The molecule has 0 radical (unpaired) electrons. The fraction of sp³-hybridized carbons (Fsp3) is 0.214. The van der Waals surface area contributed by atoms with Crippen molar-refractivity contribution in [3.63, 3.8) is 0 Å². The lowest BCUT2D eigenvalue weighted by molar-refractivity contribution is -0.385. The molecule has 0 unspecified atom stereocenters. The van der Waals surface area contributed by atoms with Crippen molar-refractivity contribution in [2.75, 3.05) is 18.0 Å². The highest BCUT2D eigenvalue weighted by Crippen LogP contribution is 2.26. The van der Waals surface area contributed by atoms with Crippen LogP contribution in [0.3, 0.4) is 0 Å². The minimum absolute atomic E-state index is 0.150. The Kier molecular flexibility index (Phi) is 5.30. The first-order valence-corrected chi connectivity index (χ1v) is 5.87. The number of hydrogen-bond donors (Lipinski definition) is 1. The fourth-order valence-corrected chi connectivity index (χ4v) is 1.70. The van der Waals surface area contributed by atoms with Gasteiger partial charge in [-0.05, 0) is 25.1 Å². The molecule has 0 saturated heterocycles. The molecule has 0 aromatic heterocycles. The predicted molar refractivity (Wildman–Crippen MR) is 76.5 cm³/mol. The molecule has 0 fully saturated rings. The van der Waals surface area contributed by atoms with E-state index in [1.807, 2.05) is 11.8 Å². The minimum Gasteiger partial charge on any atom is -0.478 e. The van der Waals surface area contributed by atoms with Crippen molar-refractivity contribution in [1.29, 1.82) is 0 Å². The molecule has 0 heterocycles. The zero-order valence-electron chi connectivity index (χ0n) is 10.9. The number of anilines is 1. The third kappa shape index (κ3) is 3.85. The molecule has 1 aromatic rings. The van der Waals surface area contributed by atoms with Gasteiger partial charge in [0.15, 0.2) is 0 Å². The van der Waals surface area contributed by atoms with Crippen molar-refractivity contribution < 1.29 is 14.8 Å². The molecular formula is C14H14N2O4. The highest BCUT2D eigenvalue weighted by atomic mass is 16.6. The Bertz CT molecular complexity index is 587. The molecule has 20 heavy (non-hydrogen) atoms. The van der Waals surface area contributed by atoms with Gasteiger partial charge in [-0.25, -0.2) is 4.79 Å². The van der Waals surface area contributed by atoms with Gasteiger partial charge in [-0.2, -0.15) is 0 Å². The lowest BCUT2D eigenvalue weighted by Gasteiger charge is -2.20. The summed E-state index contributed by atoms with van der Waals surface area (Å²) in [7, 11) is 0. The molecule has 0 bridgehead atoms. The summed E-state index contributed by atoms with van der Waals surface area (Å²) in [6.45, 7) is 2.92. The van der Waals surface area contributed by atoms with Crippen LogP contribution >= 0.6 is 0 Å². The van der Waals surface area contributed by atoms with Gasteiger partial charge in [0.05, 0.1) is 17.0 Å². The molecule has 0 spiro atoms. The Hall–Kier alpha value is -2.81. The second-order valence-electron chi connectivity index (χ2n) is 3.89. The lowest BCUT2D eigenvalue weighted by Crippen LogP contribution is -2.22. The summed E-state index contributed by atoms with van der Waals surface area (Å²) in [6, 6.07) is 4.49. The number of rotatable bonds is 6. The molecule has 1 N–H and O–H groups in total. The second-order valence-corrected chi connectivity index (χ2v) is 3.89. The number of terminal acetylenes is 1. The van der Waals surface area contributed by atoms with Crippen LogP contribution in [0.5, 0.6) is 0 Å². The Balaban J connectivity index is 3.26. The molecule has 0 aliphatic carbocycles. The quantitative estimate of drug-likeness (QED) is 0.372. The van der Waals surface area contributed by atoms with Crippen LogP contribution in [0.1, 0.15) is 12.5 Å². The smallest absolute Gasteiger partial charge is 0.328 e. The largest absolute Gasteiger partial charge is 0.478 e. The second kappa shape index (κ2) is 6.95. The zero-order valence-corrected chi connectivity index (χ0v) is 10.9. The maximum atomic E-state index is 10.9. The molecular weight excluding hydrogens is 260 g/mol. The van der Waals surface area contributed by atoms with Gasteiger partial charge in [0, 0.05) is 24.4 Å². The molecule has 1 aromatic carbocycles. The predicted octanol–water partition coefficient (Wildman–Crippen LogP) is 2.15. The average Bonchev–Trinajstić information content (AvgIpc) is 2.42. The van der Waals surface area contributed by atoms with Gasteiger partial charge in [-0.3, -0.25) is 10.1 Å². The van der Waals surface area contributed by atoms with E-state index in [0.29, 0.717) is 18.8 Å². The first kappa shape index (κ1) is 15.2. The summed E-state index contributed by atoms with van der Waals surface area (Å²) in [4.78, 5) is 22.8. The first-order valence-electron chi connectivity index (χ1n) is 5.87. The van der Waals surface area contributed by atoms with E-state index in [4.69, 9.17) is 11.5 Å². The van der Waals surface area contributed by atoms with Crippen molar-refractivity contribution in [3.05, 3.63) is 40.0 Å². The van der Waals surface area contributed by atoms with Gasteiger partial charge in [-0.15, -0.1) is 6.42 Å². The molecule has 0 aliphatic rings. The SMILES string of the molecule is C#CCN(CC)c1ccc([N+](=O)[O-])c(/C=C/C(=O)O)c1. The Morgan fingerprint density at radius 2 is 2.30 bits per heavy atom. The summed E-state index contributed by atoms with van der Waals surface area (Å²) >= 11 is 0. The van der Waals surface area contributed by atoms with E-state index in [-0.39, 0.29) is 11.3 Å². The number of carboxylic acid groups (broad SMARTS) is 1. The van der Waals surface area contributed by atoms with Gasteiger partial charge in [0.2, 0.25) is 0 Å². The van der Waals surface area contributed by atoms with Crippen molar-refractivity contribution in [2.24, 2.45) is 0 Å². The average molecular weight is 274 g/mol. The summed E-state index contributed by atoms with van der Waals surface area (Å²) in [6.07, 6.45) is 7.33. The van der Waals surface area contributed by atoms with Crippen molar-refractivity contribution >= 4 is 23.4 Å². The molecule has 6 nitrogen and oxygen atoms in total. The van der Waals surface area contributed by atoms with Gasteiger partial charge in [0.25, 0.3) is 5.69 Å². The van der Waals surface area contributed by atoms with E-state index in [1.165, 1.54) is 12.1 Å². The first-order chi connectivity index (χ1) is 9.49. The molecule has 104 valence electrons. The van der Waals surface area contributed by atoms with Gasteiger partial charge >= 0.3 is 5.97 Å². The van der Waals surface area contributed by atoms with E-state index in [9.17, 15) is 14.9 Å². The van der Waals surface area contributed by atoms with Crippen LogP contribution in [0.15, 0.2) is 24.3 Å². The Morgan fingerprint density at radius 1 is 1.60 bits per heavy atom. The number of aliphatic carboxylic acids is 1.